The molecule has 2 N–H and O–H groups in total. The van der Waals surface area contributed by atoms with Crippen molar-refractivity contribution in [1.82, 2.24) is 4.90 Å². The summed E-state index contributed by atoms with van der Waals surface area (Å²) in [5.74, 6) is 0.0334. The van der Waals surface area contributed by atoms with Crippen LogP contribution in [0.25, 0.3) is 0 Å². The number of hydrogen-bond acceptors (Lipinski definition) is 3. The average molecular weight is 270 g/mol. The highest BCUT2D eigenvalue weighted by atomic mass is 35.5. The van der Waals surface area contributed by atoms with Gasteiger partial charge in [-0.1, -0.05) is 6.42 Å². The van der Waals surface area contributed by atoms with Crippen LogP contribution >= 0.6 is 12.4 Å². The zero-order valence-electron chi connectivity index (χ0n) is 10.4. The molecule has 4 heteroatoms. The molecule has 0 spiro atoms. The van der Waals surface area contributed by atoms with Gasteiger partial charge in [-0.05, 0) is 62.0 Å². The molecule has 0 unspecified atom stereocenters. The third-order valence-electron chi connectivity index (χ3n) is 4.11. The number of hydrogen-bond donors (Lipinski definition) is 2. The van der Waals surface area contributed by atoms with Crippen molar-refractivity contribution in [3.05, 3.63) is 23.3 Å². The van der Waals surface area contributed by atoms with Gasteiger partial charge in [0.15, 0.2) is 11.5 Å². The fraction of sp³-hybridized carbons (Fsp3) is 0.571. The van der Waals surface area contributed by atoms with Crippen molar-refractivity contribution in [2.24, 2.45) is 0 Å². The van der Waals surface area contributed by atoms with Crippen molar-refractivity contribution in [3.8, 4) is 11.5 Å². The van der Waals surface area contributed by atoms with E-state index in [4.69, 9.17) is 0 Å². The summed E-state index contributed by atoms with van der Waals surface area (Å²) in [6.07, 6.45) is 6.01. The van der Waals surface area contributed by atoms with E-state index >= 15 is 0 Å². The van der Waals surface area contributed by atoms with Crippen LogP contribution in [0.15, 0.2) is 12.1 Å². The second-order valence-electron chi connectivity index (χ2n) is 5.27. The van der Waals surface area contributed by atoms with Crippen molar-refractivity contribution >= 4 is 12.4 Å². The van der Waals surface area contributed by atoms with Crippen molar-refractivity contribution in [3.63, 3.8) is 0 Å². The van der Waals surface area contributed by atoms with Crippen LogP contribution in [-0.4, -0.2) is 34.2 Å². The van der Waals surface area contributed by atoms with Crippen molar-refractivity contribution < 1.29 is 10.2 Å². The normalized spacial score (nSPS) is 20.4. The first-order chi connectivity index (χ1) is 8.24. The van der Waals surface area contributed by atoms with Crippen LogP contribution in [0.3, 0.4) is 0 Å². The SMILES string of the molecule is Cl.Oc1cc2c(cc1O)CC(N1CCCCC1)C2. The first kappa shape index (κ1) is 13.5. The summed E-state index contributed by atoms with van der Waals surface area (Å²) in [6, 6.07) is 4.04. The molecule has 3 nitrogen and oxygen atoms in total. The molecule has 0 saturated carbocycles. The Bertz CT molecular complexity index is 399. The maximum absolute atomic E-state index is 9.52. The van der Waals surface area contributed by atoms with E-state index < -0.39 is 0 Å². The molecule has 1 aromatic rings. The summed E-state index contributed by atoms with van der Waals surface area (Å²) in [4.78, 5) is 2.57. The second-order valence-corrected chi connectivity index (χ2v) is 5.27. The molecule has 1 fully saturated rings. The van der Waals surface area contributed by atoms with Crippen LogP contribution in [0.5, 0.6) is 11.5 Å². The predicted molar refractivity (Wildman–Crippen MR) is 73.6 cm³/mol. The number of halogens is 1. The summed E-state index contributed by atoms with van der Waals surface area (Å²) in [5, 5.41) is 19.0. The number of rotatable bonds is 1. The monoisotopic (exact) mass is 269 g/mol. The van der Waals surface area contributed by atoms with Gasteiger partial charge in [0.1, 0.15) is 0 Å². The highest BCUT2D eigenvalue weighted by Gasteiger charge is 2.28. The quantitative estimate of drug-likeness (QED) is 0.770. The summed E-state index contributed by atoms with van der Waals surface area (Å²) in [5.41, 5.74) is 2.41. The molecule has 3 rings (SSSR count). The zero-order chi connectivity index (χ0) is 11.8. The van der Waals surface area contributed by atoms with Gasteiger partial charge >= 0.3 is 0 Å². The standard InChI is InChI=1S/C14H19NO2.ClH/c16-13-8-10-6-12(7-11(10)9-14(13)17)15-4-2-1-3-5-15;/h8-9,12,16-17H,1-7H2;1H. The van der Waals surface area contributed by atoms with E-state index in [0.29, 0.717) is 6.04 Å². The number of nitrogens with zero attached hydrogens (tertiary/aromatic N) is 1. The first-order valence-corrected chi connectivity index (χ1v) is 6.52. The average Bonchev–Trinajstić information content (AvgIpc) is 2.74. The molecular formula is C14H20ClNO2. The molecular weight excluding hydrogens is 250 g/mol. The summed E-state index contributed by atoms with van der Waals surface area (Å²) in [7, 11) is 0. The van der Waals surface area contributed by atoms with Gasteiger partial charge in [-0.3, -0.25) is 4.90 Å². The van der Waals surface area contributed by atoms with E-state index in [9.17, 15) is 10.2 Å². The molecule has 1 saturated heterocycles. The molecule has 0 bridgehead atoms. The fourth-order valence-corrected chi connectivity index (χ4v) is 3.16. The number of phenols is 2. The van der Waals surface area contributed by atoms with E-state index in [1.54, 1.807) is 12.1 Å². The molecule has 0 aromatic heterocycles. The third-order valence-corrected chi connectivity index (χ3v) is 4.11. The van der Waals surface area contributed by atoms with Gasteiger partial charge < -0.3 is 10.2 Å². The van der Waals surface area contributed by atoms with Gasteiger partial charge in [0.05, 0.1) is 0 Å². The highest BCUT2D eigenvalue weighted by molar-refractivity contribution is 5.85. The lowest BCUT2D eigenvalue weighted by molar-refractivity contribution is 0.168. The Morgan fingerprint density at radius 3 is 1.89 bits per heavy atom. The largest absolute Gasteiger partial charge is 0.504 e. The van der Waals surface area contributed by atoms with Crippen LogP contribution in [0.2, 0.25) is 0 Å². The summed E-state index contributed by atoms with van der Waals surface area (Å²) >= 11 is 0. The van der Waals surface area contributed by atoms with Gasteiger partial charge in [0.2, 0.25) is 0 Å². The van der Waals surface area contributed by atoms with E-state index in [0.717, 1.165) is 12.8 Å². The molecule has 1 heterocycles. The maximum atomic E-state index is 9.52. The third kappa shape index (κ3) is 2.43. The number of piperidine rings is 1. The number of phenolic OH excluding ortho intramolecular Hbond substituents is 2. The highest BCUT2D eigenvalue weighted by Crippen LogP contribution is 2.35. The minimum Gasteiger partial charge on any atom is -0.504 e. The first-order valence-electron chi connectivity index (χ1n) is 6.52. The number of likely N-dealkylation sites (tertiary alicyclic amines) is 1. The smallest absolute Gasteiger partial charge is 0.157 e. The maximum Gasteiger partial charge on any atom is 0.157 e. The lowest BCUT2D eigenvalue weighted by Gasteiger charge is -2.32. The number of benzene rings is 1. The van der Waals surface area contributed by atoms with Gasteiger partial charge in [0, 0.05) is 6.04 Å². The van der Waals surface area contributed by atoms with Crippen LogP contribution < -0.4 is 0 Å². The summed E-state index contributed by atoms with van der Waals surface area (Å²) in [6.45, 7) is 2.41. The zero-order valence-corrected chi connectivity index (χ0v) is 11.2. The van der Waals surface area contributed by atoms with E-state index in [1.807, 2.05) is 0 Å². The van der Waals surface area contributed by atoms with Gasteiger partial charge in [-0.25, -0.2) is 0 Å². The van der Waals surface area contributed by atoms with Crippen LogP contribution in [-0.2, 0) is 12.8 Å². The van der Waals surface area contributed by atoms with E-state index in [2.05, 4.69) is 4.90 Å². The number of aromatic hydroxyl groups is 2. The summed E-state index contributed by atoms with van der Waals surface area (Å²) < 4.78 is 0. The lowest BCUT2D eigenvalue weighted by Crippen LogP contribution is -2.39. The van der Waals surface area contributed by atoms with E-state index in [1.165, 1.54) is 43.5 Å². The molecule has 0 atom stereocenters. The molecule has 2 aliphatic rings. The minimum atomic E-state index is 0. The Morgan fingerprint density at radius 1 is 0.889 bits per heavy atom. The Morgan fingerprint density at radius 2 is 1.39 bits per heavy atom. The Hall–Kier alpha value is -0.930. The molecule has 1 aromatic carbocycles. The minimum absolute atomic E-state index is 0. The number of fused-ring (bicyclic) bond motifs is 1. The van der Waals surface area contributed by atoms with Crippen molar-refractivity contribution in [2.75, 3.05) is 13.1 Å². The molecule has 100 valence electrons. The predicted octanol–water partition coefficient (Wildman–Crippen LogP) is 2.47. The van der Waals surface area contributed by atoms with Gasteiger partial charge in [0.25, 0.3) is 0 Å². The molecule has 0 radical (unpaired) electrons. The fourth-order valence-electron chi connectivity index (χ4n) is 3.16. The Kier molecular flexibility index (Phi) is 4.03. The molecule has 18 heavy (non-hydrogen) atoms. The van der Waals surface area contributed by atoms with Gasteiger partial charge in [-0.2, -0.15) is 0 Å². The topological polar surface area (TPSA) is 43.7 Å². The van der Waals surface area contributed by atoms with Crippen molar-refractivity contribution in [1.29, 1.82) is 0 Å². The van der Waals surface area contributed by atoms with E-state index in [-0.39, 0.29) is 23.9 Å². The second kappa shape index (κ2) is 5.37. The van der Waals surface area contributed by atoms with Crippen molar-refractivity contribution in [2.45, 2.75) is 38.1 Å². The van der Waals surface area contributed by atoms with Crippen LogP contribution in [0, 0.1) is 0 Å². The molecule has 0 amide bonds. The van der Waals surface area contributed by atoms with Crippen LogP contribution in [0.1, 0.15) is 30.4 Å². The lowest BCUT2D eigenvalue weighted by atomic mass is 10.1. The molecule has 1 aliphatic carbocycles. The van der Waals surface area contributed by atoms with Gasteiger partial charge in [-0.15, -0.1) is 12.4 Å². The van der Waals surface area contributed by atoms with Crippen LogP contribution in [0.4, 0.5) is 0 Å². The Balaban J connectivity index is 0.00000120. The molecule has 1 aliphatic heterocycles. The Labute approximate surface area is 114 Å².